The van der Waals surface area contributed by atoms with E-state index < -0.39 is 4.92 Å². The van der Waals surface area contributed by atoms with Crippen molar-refractivity contribution < 1.29 is 4.92 Å². The number of rotatable bonds is 2. The first-order chi connectivity index (χ1) is 5.63. The molecule has 0 heterocycles. The third kappa shape index (κ3) is 1.69. The molecule has 1 aromatic rings. The Morgan fingerprint density at radius 1 is 1.50 bits per heavy atom. The molecule has 0 aliphatic carbocycles. The first-order valence-corrected chi connectivity index (χ1v) is 3.42. The molecule has 0 atom stereocenters. The van der Waals surface area contributed by atoms with Crippen LogP contribution in [0.2, 0.25) is 0 Å². The van der Waals surface area contributed by atoms with Crippen molar-refractivity contribution in [2.24, 2.45) is 0 Å². The van der Waals surface area contributed by atoms with Crippen molar-refractivity contribution in [2.45, 2.75) is 6.92 Å². The molecule has 0 aromatic heterocycles. The van der Waals surface area contributed by atoms with Crippen LogP contribution in [0.3, 0.4) is 0 Å². The zero-order valence-corrected chi connectivity index (χ0v) is 6.70. The number of nitro groups is 1. The number of hydrogen-bond donors (Lipinski definition) is 0. The fourth-order valence-corrected chi connectivity index (χ4v) is 0.970. The van der Waals surface area contributed by atoms with Crippen molar-refractivity contribution in [1.29, 1.82) is 0 Å². The molecule has 1 rings (SSSR count). The van der Waals surface area contributed by atoms with Gasteiger partial charge in [0.1, 0.15) is 0 Å². The van der Waals surface area contributed by atoms with Crippen LogP contribution in [0.1, 0.15) is 11.1 Å². The van der Waals surface area contributed by atoms with Gasteiger partial charge in [-0.15, -0.1) is 0 Å². The van der Waals surface area contributed by atoms with Gasteiger partial charge in [0.25, 0.3) is 5.69 Å². The maximum Gasteiger partial charge on any atom is 0.270 e. The van der Waals surface area contributed by atoms with E-state index in [1.54, 1.807) is 13.0 Å². The predicted octanol–water partition coefficient (Wildman–Crippen LogP) is 2.24. The van der Waals surface area contributed by atoms with E-state index in [2.05, 4.69) is 12.7 Å². The minimum Gasteiger partial charge on any atom is -0.258 e. The molecule has 0 unspecified atom stereocenters. The van der Waals surface area contributed by atoms with Crippen LogP contribution in [-0.2, 0) is 0 Å². The third-order valence-electron chi connectivity index (χ3n) is 1.48. The van der Waals surface area contributed by atoms with Crippen LogP contribution in [0.15, 0.2) is 24.8 Å². The van der Waals surface area contributed by atoms with Gasteiger partial charge in [-0.25, -0.2) is 0 Å². The summed E-state index contributed by atoms with van der Waals surface area (Å²) in [6.07, 6.45) is 2.61. The Labute approximate surface area is 70.5 Å². The number of nitro benzene ring substituents is 1. The monoisotopic (exact) mass is 162 g/mol. The second kappa shape index (κ2) is 3.17. The van der Waals surface area contributed by atoms with E-state index in [9.17, 15) is 10.1 Å². The molecule has 0 aliphatic heterocycles. The number of non-ortho nitro benzene ring substituents is 1. The first-order valence-electron chi connectivity index (χ1n) is 3.42. The average molecular weight is 162 g/mol. The van der Waals surface area contributed by atoms with Gasteiger partial charge in [-0.2, -0.15) is 0 Å². The fraction of sp³-hybridized carbons (Fsp3) is 0.111. The average Bonchev–Trinajstić information content (AvgIpc) is 2.03. The van der Waals surface area contributed by atoms with Crippen molar-refractivity contribution in [2.75, 3.05) is 0 Å². The third-order valence-corrected chi connectivity index (χ3v) is 1.48. The Kier molecular flexibility index (Phi) is 2.24. The molecule has 0 N–H and O–H groups in total. The van der Waals surface area contributed by atoms with Gasteiger partial charge in [0.2, 0.25) is 0 Å². The first kappa shape index (κ1) is 8.46. The second-order valence-electron chi connectivity index (χ2n) is 2.49. The van der Waals surface area contributed by atoms with E-state index in [1.807, 2.05) is 0 Å². The van der Waals surface area contributed by atoms with Crippen LogP contribution in [-0.4, -0.2) is 4.92 Å². The molecule has 0 spiro atoms. The Morgan fingerprint density at radius 2 is 2.17 bits per heavy atom. The normalized spacial score (nSPS) is 9.42. The lowest BCUT2D eigenvalue weighted by molar-refractivity contribution is -0.384. The second-order valence-corrected chi connectivity index (χ2v) is 2.49. The van der Waals surface area contributed by atoms with E-state index in [1.165, 1.54) is 12.1 Å². The van der Waals surface area contributed by atoms with Gasteiger partial charge >= 0.3 is 0 Å². The van der Waals surface area contributed by atoms with E-state index in [-0.39, 0.29) is 5.69 Å². The molecule has 0 amide bonds. The van der Waals surface area contributed by atoms with Crippen molar-refractivity contribution in [3.8, 4) is 0 Å². The van der Waals surface area contributed by atoms with Crippen molar-refractivity contribution >= 4 is 5.69 Å². The largest absolute Gasteiger partial charge is 0.270 e. The summed E-state index contributed by atoms with van der Waals surface area (Å²) in [6.45, 7) is 5.22. The van der Waals surface area contributed by atoms with Crippen molar-refractivity contribution in [3.05, 3.63) is 52.1 Å². The topological polar surface area (TPSA) is 43.1 Å². The predicted molar refractivity (Wildman–Crippen MR) is 45.8 cm³/mol. The Bertz CT molecular complexity index is 331. The van der Waals surface area contributed by atoms with Gasteiger partial charge in [-0.05, 0) is 24.1 Å². The summed E-state index contributed by atoms with van der Waals surface area (Å²) in [4.78, 5) is 9.96. The number of nitrogens with zero attached hydrogens (tertiary/aromatic N) is 1. The Morgan fingerprint density at radius 3 is 2.67 bits per heavy atom. The summed E-state index contributed by atoms with van der Waals surface area (Å²) in [7, 11) is 0. The lowest BCUT2D eigenvalue weighted by atomic mass is 10.1. The minimum absolute atomic E-state index is 0.0844. The van der Waals surface area contributed by atoms with E-state index >= 15 is 0 Å². The van der Waals surface area contributed by atoms with Crippen LogP contribution in [0, 0.1) is 23.1 Å². The number of benzene rings is 1. The Hall–Kier alpha value is -1.64. The van der Waals surface area contributed by atoms with E-state index in [0.29, 0.717) is 5.56 Å². The maximum absolute atomic E-state index is 10.4. The number of aryl methyl sites for hydroxylation is 1. The zero-order valence-electron chi connectivity index (χ0n) is 6.70. The van der Waals surface area contributed by atoms with Gasteiger partial charge in [0, 0.05) is 12.1 Å². The van der Waals surface area contributed by atoms with Crippen LogP contribution in [0.4, 0.5) is 5.69 Å². The van der Waals surface area contributed by atoms with Crippen LogP contribution in [0.5, 0.6) is 0 Å². The minimum atomic E-state index is -0.423. The summed E-state index contributed by atoms with van der Waals surface area (Å²) in [5, 5.41) is 10.4. The van der Waals surface area contributed by atoms with Crippen molar-refractivity contribution in [1.82, 2.24) is 0 Å². The smallest absolute Gasteiger partial charge is 0.258 e. The molecule has 1 aromatic carbocycles. The SMILES string of the molecule is C=[C]c1cc(C)cc([N+](=O)[O-])c1. The molecule has 0 saturated carbocycles. The summed E-state index contributed by atoms with van der Waals surface area (Å²) < 4.78 is 0. The van der Waals surface area contributed by atoms with Crippen LogP contribution in [0.25, 0.3) is 0 Å². The summed E-state index contributed by atoms with van der Waals surface area (Å²) >= 11 is 0. The molecule has 3 nitrogen and oxygen atoms in total. The summed E-state index contributed by atoms with van der Waals surface area (Å²) in [5.74, 6) is 0. The van der Waals surface area contributed by atoms with Crippen molar-refractivity contribution in [3.63, 3.8) is 0 Å². The molecular weight excluding hydrogens is 154 g/mol. The molecule has 0 saturated heterocycles. The molecule has 61 valence electrons. The van der Waals surface area contributed by atoms with Gasteiger partial charge < -0.3 is 0 Å². The molecular formula is C9H8NO2. The number of hydrogen-bond acceptors (Lipinski definition) is 2. The van der Waals surface area contributed by atoms with Gasteiger partial charge in [-0.1, -0.05) is 12.6 Å². The Balaban J connectivity index is 3.23. The molecule has 12 heavy (non-hydrogen) atoms. The molecule has 3 heteroatoms. The highest BCUT2D eigenvalue weighted by molar-refractivity contribution is 5.40. The highest BCUT2D eigenvalue weighted by Gasteiger charge is 2.05. The summed E-state index contributed by atoms with van der Waals surface area (Å²) in [5.41, 5.74) is 1.58. The lowest BCUT2D eigenvalue weighted by Gasteiger charge is -1.96. The lowest BCUT2D eigenvalue weighted by Crippen LogP contribution is -1.89. The van der Waals surface area contributed by atoms with Crippen LogP contribution < -0.4 is 0 Å². The highest BCUT2D eigenvalue weighted by Crippen LogP contribution is 2.16. The van der Waals surface area contributed by atoms with Gasteiger partial charge in [0.15, 0.2) is 0 Å². The quantitative estimate of drug-likeness (QED) is 0.494. The molecule has 0 aliphatic rings. The van der Waals surface area contributed by atoms with E-state index in [4.69, 9.17) is 0 Å². The standard InChI is InChI=1S/C9H8NO2/c1-3-8-4-7(2)5-9(6-8)10(11)12/h4-6H,1H2,2H3. The summed E-state index contributed by atoms with van der Waals surface area (Å²) in [6, 6.07) is 4.75. The van der Waals surface area contributed by atoms with Gasteiger partial charge in [0.05, 0.1) is 4.92 Å². The van der Waals surface area contributed by atoms with E-state index in [0.717, 1.165) is 5.56 Å². The fourth-order valence-electron chi connectivity index (χ4n) is 0.970. The molecule has 0 bridgehead atoms. The molecule has 0 fully saturated rings. The zero-order chi connectivity index (χ0) is 9.14. The van der Waals surface area contributed by atoms with Gasteiger partial charge in [-0.3, -0.25) is 10.1 Å². The van der Waals surface area contributed by atoms with Crippen LogP contribution >= 0.6 is 0 Å². The molecule has 1 radical (unpaired) electrons. The maximum atomic E-state index is 10.4. The highest BCUT2D eigenvalue weighted by atomic mass is 16.6.